The SMILES string of the molecule is CCOc1ccc(NC(=O)C[C@H](NC(=O)c2ccccc2Cl)c2ccccc2)cc1. The fourth-order valence-electron chi connectivity index (χ4n) is 3.02. The van der Waals surface area contributed by atoms with Gasteiger partial charge in [-0.25, -0.2) is 0 Å². The number of halogens is 1. The second-order valence-electron chi connectivity index (χ2n) is 6.63. The molecule has 0 aliphatic carbocycles. The summed E-state index contributed by atoms with van der Waals surface area (Å²) in [6.45, 7) is 2.49. The Labute approximate surface area is 181 Å². The van der Waals surface area contributed by atoms with Crippen molar-refractivity contribution in [3.05, 3.63) is 95.0 Å². The lowest BCUT2D eigenvalue weighted by atomic mass is 10.0. The molecule has 0 saturated heterocycles. The molecule has 3 aromatic carbocycles. The van der Waals surface area contributed by atoms with Crippen molar-refractivity contribution in [3.8, 4) is 5.75 Å². The summed E-state index contributed by atoms with van der Waals surface area (Å²) >= 11 is 6.15. The highest BCUT2D eigenvalue weighted by molar-refractivity contribution is 6.33. The quantitative estimate of drug-likeness (QED) is 0.521. The van der Waals surface area contributed by atoms with Crippen LogP contribution >= 0.6 is 11.6 Å². The number of carbonyl (C=O) groups excluding carboxylic acids is 2. The highest BCUT2D eigenvalue weighted by atomic mass is 35.5. The largest absolute Gasteiger partial charge is 0.494 e. The Morgan fingerprint density at radius 1 is 0.933 bits per heavy atom. The molecule has 0 fully saturated rings. The third kappa shape index (κ3) is 5.84. The number of amides is 2. The van der Waals surface area contributed by atoms with E-state index in [0.29, 0.717) is 22.9 Å². The predicted molar refractivity (Wildman–Crippen MR) is 119 cm³/mol. The molecule has 0 aliphatic heterocycles. The summed E-state index contributed by atoms with van der Waals surface area (Å²) in [7, 11) is 0. The zero-order valence-electron chi connectivity index (χ0n) is 16.6. The number of hydrogen-bond acceptors (Lipinski definition) is 3. The number of ether oxygens (including phenoxy) is 1. The van der Waals surface area contributed by atoms with Crippen LogP contribution in [0.5, 0.6) is 5.75 Å². The van der Waals surface area contributed by atoms with Crippen LogP contribution in [-0.4, -0.2) is 18.4 Å². The van der Waals surface area contributed by atoms with E-state index >= 15 is 0 Å². The first-order valence-corrected chi connectivity index (χ1v) is 10.1. The molecule has 0 bridgehead atoms. The van der Waals surface area contributed by atoms with Crippen LogP contribution in [0.4, 0.5) is 5.69 Å². The number of benzene rings is 3. The lowest BCUT2D eigenvalue weighted by Gasteiger charge is -2.19. The van der Waals surface area contributed by atoms with Crippen molar-refractivity contribution >= 4 is 29.1 Å². The van der Waals surface area contributed by atoms with Crippen molar-refractivity contribution in [1.82, 2.24) is 5.32 Å². The summed E-state index contributed by atoms with van der Waals surface area (Å²) in [6, 6.07) is 22.9. The van der Waals surface area contributed by atoms with Crippen molar-refractivity contribution in [2.24, 2.45) is 0 Å². The van der Waals surface area contributed by atoms with Gasteiger partial charge in [0.1, 0.15) is 5.75 Å². The van der Waals surface area contributed by atoms with Gasteiger partial charge in [0.05, 0.1) is 29.7 Å². The Bertz CT molecular complexity index is 991. The molecular weight excluding hydrogens is 400 g/mol. The van der Waals surface area contributed by atoms with Crippen molar-refractivity contribution in [2.75, 3.05) is 11.9 Å². The minimum atomic E-state index is -0.502. The van der Waals surface area contributed by atoms with Crippen molar-refractivity contribution < 1.29 is 14.3 Å². The highest BCUT2D eigenvalue weighted by Gasteiger charge is 2.20. The number of nitrogens with one attached hydrogen (secondary N) is 2. The topological polar surface area (TPSA) is 67.4 Å². The Kier molecular flexibility index (Phi) is 7.46. The van der Waals surface area contributed by atoms with Crippen molar-refractivity contribution in [1.29, 1.82) is 0 Å². The molecule has 0 saturated carbocycles. The molecule has 3 rings (SSSR count). The lowest BCUT2D eigenvalue weighted by molar-refractivity contribution is -0.116. The molecular formula is C24H23ClN2O3. The molecule has 6 heteroatoms. The van der Waals surface area contributed by atoms with E-state index in [1.807, 2.05) is 37.3 Å². The Morgan fingerprint density at radius 3 is 2.27 bits per heavy atom. The maximum absolute atomic E-state index is 12.7. The second kappa shape index (κ2) is 10.5. The lowest BCUT2D eigenvalue weighted by Crippen LogP contribution is -2.31. The number of hydrogen-bond donors (Lipinski definition) is 2. The van der Waals surface area contributed by atoms with Gasteiger partial charge in [0, 0.05) is 5.69 Å². The molecule has 154 valence electrons. The van der Waals surface area contributed by atoms with Crippen LogP contribution < -0.4 is 15.4 Å². The van der Waals surface area contributed by atoms with Crippen LogP contribution in [0.3, 0.4) is 0 Å². The maximum atomic E-state index is 12.7. The average molecular weight is 423 g/mol. The van der Waals surface area contributed by atoms with Gasteiger partial charge in [-0.05, 0) is 48.9 Å². The molecule has 5 nitrogen and oxygen atoms in total. The molecule has 0 aliphatic rings. The van der Waals surface area contributed by atoms with Gasteiger partial charge in [-0.3, -0.25) is 9.59 Å². The van der Waals surface area contributed by atoms with Crippen LogP contribution in [0.1, 0.15) is 35.3 Å². The van der Waals surface area contributed by atoms with Gasteiger partial charge in [-0.15, -0.1) is 0 Å². The zero-order valence-corrected chi connectivity index (χ0v) is 17.4. The Balaban J connectivity index is 1.72. The molecule has 0 heterocycles. The van der Waals surface area contributed by atoms with E-state index in [2.05, 4.69) is 10.6 Å². The molecule has 0 unspecified atom stereocenters. The van der Waals surface area contributed by atoms with Gasteiger partial charge in [0.15, 0.2) is 0 Å². The average Bonchev–Trinajstić information content (AvgIpc) is 2.75. The summed E-state index contributed by atoms with van der Waals surface area (Å²) < 4.78 is 5.41. The van der Waals surface area contributed by atoms with Crippen LogP contribution in [0, 0.1) is 0 Å². The van der Waals surface area contributed by atoms with E-state index in [4.69, 9.17) is 16.3 Å². The van der Waals surface area contributed by atoms with Gasteiger partial charge in [-0.1, -0.05) is 54.1 Å². The molecule has 0 spiro atoms. The van der Waals surface area contributed by atoms with Crippen molar-refractivity contribution in [2.45, 2.75) is 19.4 Å². The van der Waals surface area contributed by atoms with E-state index in [1.165, 1.54) is 0 Å². The van der Waals surface area contributed by atoms with Gasteiger partial charge in [0.2, 0.25) is 5.91 Å². The van der Waals surface area contributed by atoms with E-state index in [-0.39, 0.29) is 18.2 Å². The van der Waals surface area contributed by atoms with E-state index in [0.717, 1.165) is 11.3 Å². The van der Waals surface area contributed by atoms with Crippen LogP contribution in [-0.2, 0) is 4.79 Å². The van der Waals surface area contributed by atoms with Crippen LogP contribution in [0.15, 0.2) is 78.9 Å². The van der Waals surface area contributed by atoms with Crippen LogP contribution in [0.25, 0.3) is 0 Å². The Morgan fingerprint density at radius 2 is 1.60 bits per heavy atom. The smallest absolute Gasteiger partial charge is 0.253 e. The minimum absolute atomic E-state index is 0.0768. The molecule has 30 heavy (non-hydrogen) atoms. The molecule has 1 atom stereocenters. The van der Waals surface area contributed by atoms with E-state index in [1.54, 1.807) is 48.5 Å². The predicted octanol–water partition coefficient (Wildman–Crippen LogP) is 5.24. The standard InChI is InChI=1S/C24H23ClN2O3/c1-2-30-19-14-12-18(13-15-19)26-23(28)16-22(17-8-4-3-5-9-17)27-24(29)20-10-6-7-11-21(20)25/h3-15,22H,2,16H2,1H3,(H,26,28)(H,27,29)/t22-/m0/s1. The number of rotatable bonds is 8. The number of anilines is 1. The normalized spacial score (nSPS) is 11.4. The monoisotopic (exact) mass is 422 g/mol. The van der Waals surface area contributed by atoms with Gasteiger partial charge < -0.3 is 15.4 Å². The third-order valence-corrected chi connectivity index (χ3v) is 4.79. The first kappa shape index (κ1) is 21.4. The van der Waals surface area contributed by atoms with Crippen molar-refractivity contribution in [3.63, 3.8) is 0 Å². The first-order chi connectivity index (χ1) is 14.6. The first-order valence-electron chi connectivity index (χ1n) is 9.70. The van der Waals surface area contributed by atoms with Gasteiger partial charge in [0.25, 0.3) is 5.91 Å². The maximum Gasteiger partial charge on any atom is 0.253 e. The fraction of sp³-hybridized carbons (Fsp3) is 0.167. The third-order valence-electron chi connectivity index (χ3n) is 4.46. The van der Waals surface area contributed by atoms with E-state index in [9.17, 15) is 9.59 Å². The summed E-state index contributed by atoms with van der Waals surface area (Å²) in [5, 5.41) is 6.15. The van der Waals surface area contributed by atoms with Gasteiger partial charge >= 0.3 is 0 Å². The molecule has 2 N–H and O–H groups in total. The number of carbonyl (C=O) groups is 2. The summed E-state index contributed by atoms with van der Waals surface area (Å²) in [5.41, 5.74) is 1.86. The summed E-state index contributed by atoms with van der Waals surface area (Å²) in [5.74, 6) is 0.195. The molecule has 0 aromatic heterocycles. The van der Waals surface area contributed by atoms with Crippen LogP contribution in [0.2, 0.25) is 5.02 Å². The zero-order chi connectivity index (χ0) is 21.3. The fourth-order valence-corrected chi connectivity index (χ4v) is 3.24. The second-order valence-corrected chi connectivity index (χ2v) is 7.03. The van der Waals surface area contributed by atoms with Gasteiger partial charge in [-0.2, -0.15) is 0 Å². The molecule has 3 aromatic rings. The minimum Gasteiger partial charge on any atom is -0.494 e. The summed E-state index contributed by atoms with van der Waals surface area (Å²) in [4.78, 5) is 25.4. The molecule has 2 amide bonds. The van der Waals surface area contributed by atoms with E-state index < -0.39 is 6.04 Å². The molecule has 0 radical (unpaired) electrons. The summed E-state index contributed by atoms with van der Waals surface area (Å²) in [6.07, 6.45) is 0.0768. The highest BCUT2D eigenvalue weighted by Crippen LogP contribution is 2.22. The Hall–Kier alpha value is -3.31.